The number of nitrogens with one attached hydrogen (secondary N) is 1. The molecule has 166 valence electrons. The molecular formula is C24H26N4O3S. The first-order chi connectivity index (χ1) is 15.5. The SMILES string of the molecule is CC(C)Oc1ccc(-c2nnc(-c3cccc4c3CCC4)s2)cc1C#N.CNC(=O)CO. The molecule has 0 saturated heterocycles. The first-order valence-corrected chi connectivity index (χ1v) is 11.3. The van der Waals surface area contributed by atoms with E-state index in [1.165, 1.54) is 30.2 Å². The third-order valence-electron chi connectivity index (χ3n) is 4.93. The molecule has 2 N–H and O–H groups in total. The van der Waals surface area contributed by atoms with Crippen molar-refractivity contribution in [3.8, 4) is 33.0 Å². The number of carbonyl (C=O) groups excluding carboxylic acids is 1. The van der Waals surface area contributed by atoms with Crippen molar-refractivity contribution < 1.29 is 14.6 Å². The highest BCUT2D eigenvalue weighted by molar-refractivity contribution is 7.17. The molecule has 1 aromatic heterocycles. The number of fused-ring (bicyclic) bond motifs is 1. The predicted molar refractivity (Wildman–Crippen MR) is 124 cm³/mol. The molecule has 0 unspecified atom stereocenters. The van der Waals surface area contributed by atoms with Crippen LogP contribution in [0.15, 0.2) is 36.4 Å². The molecule has 0 fully saturated rings. The molecule has 3 aromatic rings. The smallest absolute Gasteiger partial charge is 0.245 e. The monoisotopic (exact) mass is 450 g/mol. The largest absolute Gasteiger partial charge is 0.490 e. The molecule has 1 aliphatic carbocycles. The topological polar surface area (TPSA) is 108 Å². The lowest BCUT2D eigenvalue weighted by Crippen LogP contribution is -2.20. The van der Waals surface area contributed by atoms with Gasteiger partial charge in [0.1, 0.15) is 28.4 Å². The quantitative estimate of drug-likeness (QED) is 0.613. The molecule has 0 aliphatic heterocycles. The number of ether oxygens (including phenoxy) is 1. The highest BCUT2D eigenvalue weighted by Crippen LogP contribution is 2.37. The second-order valence-electron chi connectivity index (χ2n) is 7.53. The third-order valence-corrected chi connectivity index (χ3v) is 5.94. The van der Waals surface area contributed by atoms with Gasteiger partial charge in [-0.2, -0.15) is 5.26 Å². The van der Waals surface area contributed by atoms with Gasteiger partial charge in [0.05, 0.1) is 11.7 Å². The Hall–Kier alpha value is -3.28. The standard InChI is InChI=1S/C21H19N3OS.C3H7NO2/c1-13(2)25-19-10-9-15(11-16(19)12-22)20-23-24-21(26-20)18-8-4-6-14-5-3-7-17(14)18;1-4-3(6)2-5/h4,6,8-11,13H,3,5,7H2,1-2H3;5H,2H2,1H3,(H,4,6). The molecule has 0 spiro atoms. The highest BCUT2D eigenvalue weighted by Gasteiger charge is 2.19. The summed E-state index contributed by atoms with van der Waals surface area (Å²) in [5, 5.41) is 30.1. The molecule has 1 amide bonds. The van der Waals surface area contributed by atoms with E-state index in [0.29, 0.717) is 11.3 Å². The van der Waals surface area contributed by atoms with Gasteiger partial charge < -0.3 is 15.2 Å². The van der Waals surface area contributed by atoms with E-state index >= 15 is 0 Å². The minimum atomic E-state index is -0.420. The lowest BCUT2D eigenvalue weighted by molar-refractivity contribution is -0.123. The van der Waals surface area contributed by atoms with E-state index in [2.05, 4.69) is 39.8 Å². The number of hydrogen-bond donors (Lipinski definition) is 2. The molecule has 0 atom stereocenters. The molecule has 0 saturated carbocycles. The molecule has 0 radical (unpaired) electrons. The maximum absolute atomic E-state index is 9.82. The van der Waals surface area contributed by atoms with Crippen molar-refractivity contribution in [2.24, 2.45) is 0 Å². The zero-order valence-electron chi connectivity index (χ0n) is 18.4. The van der Waals surface area contributed by atoms with Gasteiger partial charge in [0.2, 0.25) is 5.91 Å². The van der Waals surface area contributed by atoms with Crippen LogP contribution in [0.5, 0.6) is 5.75 Å². The Morgan fingerprint density at radius 1 is 1.25 bits per heavy atom. The maximum atomic E-state index is 9.82. The number of benzene rings is 2. The van der Waals surface area contributed by atoms with E-state index in [0.717, 1.165) is 28.4 Å². The van der Waals surface area contributed by atoms with Crippen molar-refractivity contribution >= 4 is 17.2 Å². The normalized spacial score (nSPS) is 11.9. The number of nitriles is 1. The molecule has 2 aromatic carbocycles. The highest BCUT2D eigenvalue weighted by atomic mass is 32.1. The Kier molecular flexibility index (Phi) is 7.92. The summed E-state index contributed by atoms with van der Waals surface area (Å²) in [6.07, 6.45) is 3.50. The summed E-state index contributed by atoms with van der Waals surface area (Å²) in [7, 11) is 1.47. The average molecular weight is 451 g/mol. The van der Waals surface area contributed by atoms with E-state index in [-0.39, 0.29) is 12.0 Å². The number of aliphatic hydroxyl groups excluding tert-OH is 1. The van der Waals surface area contributed by atoms with Crippen molar-refractivity contribution in [2.75, 3.05) is 13.7 Å². The van der Waals surface area contributed by atoms with E-state index < -0.39 is 6.61 Å². The van der Waals surface area contributed by atoms with Crippen molar-refractivity contribution in [3.63, 3.8) is 0 Å². The number of amides is 1. The van der Waals surface area contributed by atoms with Crippen LogP contribution in [0.25, 0.3) is 21.1 Å². The zero-order valence-corrected chi connectivity index (χ0v) is 19.2. The summed E-state index contributed by atoms with van der Waals surface area (Å²) in [6, 6.07) is 14.3. The summed E-state index contributed by atoms with van der Waals surface area (Å²) in [5.41, 5.74) is 5.46. The van der Waals surface area contributed by atoms with Gasteiger partial charge in [0.15, 0.2) is 0 Å². The van der Waals surface area contributed by atoms with Gasteiger partial charge in [-0.05, 0) is 62.4 Å². The lowest BCUT2D eigenvalue weighted by Gasteiger charge is -2.11. The molecule has 1 aliphatic rings. The second-order valence-corrected chi connectivity index (χ2v) is 8.51. The summed E-state index contributed by atoms with van der Waals surface area (Å²) in [5.74, 6) is 0.256. The Bertz CT molecular complexity index is 1130. The van der Waals surface area contributed by atoms with Gasteiger partial charge in [-0.1, -0.05) is 29.5 Å². The Morgan fingerprint density at radius 3 is 2.69 bits per heavy atom. The number of nitrogens with zero attached hydrogens (tertiary/aromatic N) is 3. The average Bonchev–Trinajstić information content (AvgIpc) is 3.48. The van der Waals surface area contributed by atoms with Crippen LogP contribution in [-0.2, 0) is 17.6 Å². The predicted octanol–water partition coefficient (Wildman–Crippen LogP) is 3.74. The summed E-state index contributed by atoms with van der Waals surface area (Å²) in [6.45, 7) is 3.48. The third kappa shape index (κ3) is 5.49. The fourth-order valence-corrected chi connectivity index (χ4v) is 4.35. The van der Waals surface area contributed by atoms with Gasteiger partial charge in [-0.3, -0.25) is 4.79 Å². The Labute approximate surface area is 191 Å². The van der Waals surface area contributed by atoms with Crippen LogP contribution < -0.4 is 10.1 Å². The van der Waals surface area contributed by atoms with Crippen molar-refractivity contribution in [3.05, 3.63) is 53.1 Å². The summed E-state index contributed by atoms with van der Waals surface area (Å²) >= 11 is 1.57. The molecule has 7 nitrogen and oxygen atoms in total. The summed E-state index contributed by atoms with van der Waals surface area (Å²) in [4.78, 5) is 9.82. The van der Waals surface area contributed by atoms with Crippen molar-refractivity contribution in [2.45, 2.75) is 39.2 Å². The van der Waals surface area contributed by atoms with Crippen LogP contribution in [0.3, 0.4) is 0 Å². The first-order valence-electron chi connectivity index (χ1n) is 10.4. The number of aliphatic hydroxyl groups is 1. The number of rotatable bonds is 5. The van der Waals surface area contributed by atoms with Crippen LogP contribution in [0.1, 0.15) is 37.0 Å². The van der Waals surface area contributed by atoms with Crippen LogP contribution in [0.4, 0.5) is 0 Å². The van der Waals surface area contributed by atoms with Gasteiger partial charge in [-0.15, -0.1) is 10.2 Å². The minimum Gasteiger partial charge on any atom is -0.490 e. The number of aromatic nitrogens is 2. The summed E-state index contributed by atoms with van der Waals surface area (Å²) < 4.78 is 5.70. The van der Waals surface area contributed by atoms with Gasteiger partial charge >= 0.3 is 0 Å². The molecular weight excluding hydrogens is 424 g/mol. The molecule has 1 heterocycles. The van der Waals surface area contributed by atoms with Crippen molar-refractivity contribution in [1.29, 1.82) is 5.26 Å². The number of aryl methyl sites for hydroxylation is 1. The van der Waals surface area contributed by atoms with Crippen LogP contribution in [0, 0.1) is 11.3 Å². The Morgan fingerprint density at radius 2 is 2.03 bits per heavy atom. The zero-order chi connectivity index (χ0) is 23.1. The van der Waals surface area contributed by atoms with Gasteiger partial charge in [-0.25, -0.2) is 0 Å². The molecule has 0 bridgehead atoms. The molecule has 8 heteroatoms. The fraction of sp³-hybridized carbons (Fsp3) is 0.333. The fourth-order valence-electron chi connectivity index (χ4n) is 3.45. The first kappa shape index (κ1) is 23.4. The maximum Gasteiger partial charge on any atom is 0.245 e. The second kappa shape index (κ2) is 10.8. The van der Waals surface area contributed by atoms with Gasteiger partial charge in [0.25, 0.3) is 0 Å². The molecule has 32 heavy (non-hydrogen) atoms. The van der Waals surface area contributed by atoms with E-state index in [1.807, 2.05) is 32.0 Å². The van der Waals surface area contributed by atoms with Crippen LogP contribution >= 0.6 is 11.3 Å². The Balaban J connectivity index is 0.000000427. The number of carbonyl (C=O) groups is 1. The number of likely N-dealkylation sites (N-methyl/N-ethyl adjacent to an activating group) is 1. The van der Waals surface area contributed by atoms with Crippen molar-refractivity contribution in [1.82, 2.24) is 15.5 Å². The lowest BCUT2D eigenvalue weighted by atomic mass is 10.0. The minimum absolute atomic E-state index is 0.0289. The van der Waals surface area contributed by atoms with Crippen LogP contribution in [-0.4, -0.2) is 41.0 Å². The number of hydrogen-bond acceptors (Lipinski definition) is 7. The van der Waals surface area contributed by atoms with E-state index in [9.17, 15) is 10.1 Å². The van der Waals surface area contributed by atoms with E-state index in [4.69, 9.17) is 9.84 Å². The van der Waals surface area contributed by atoms with Crippen LogP contribution in [0.2, 0.25) is 0 Å². The van der Waals surface area contributed by atoms with Gasteiger partial charge in [0, 0.05) is 18.2 Å². The van der Waals surface area contributed by atoms with E-state index in [1.54, 1.807) is 11.3 Å². The molecule has 4 rings (SSSR count).